The van der Waals surface area contributed by atoms with E-state index in [1.165, 1.54) is 25.1 Å². The van der Waals surface area contributed by atoms with Crippen molar-refractivity contribution in [1.29, 1.82) is 0 Å². The maximum Gasteiger partial charge on any atom is 0.141 e. The Morgan fingerprint density at radius 3 is 2.35 bits per heavy atom. The highest BCUT2D eigenvalue weighted by molar-refractivity contribution is 5.87. The third kappa shape index (κ3) is 2.62. The molecule has 1 nitrogen and oxygen atoms in total. The van der Waals surface area contributed by atoms with E-state index in [4.69, 9.17) is 0 Å². The zero-order valence-electron chi connectivity index (χ0n) is 11.6. The third-order valence-corrected chi connectivity index (χ3v) is 3.35. The van der Waals surface area contributed by atoms with Crippen LogP contribution in [-0.4, -0.2) is 5.78 Å². The van der Waals surface area contributed by atoms with Crippen LogP contribution in [0.1, 0.15) is 35.1 Å². The predicted molar refractivity (Wildman–Crippen MR) is 73.6 cm³/mol. The van der Waals surface area contributed by atoms with Gasteiger partial charge in [0.1, 0.15) is 17.4 Å². The lowest BCUT2D eigenvalue weighted by atomic mass is 9.84. The Bertz CT molecular complexity index is 642. The first-order chi connectivity index (χ1) is 9.41. The van der Waals surface area contributed by atoms with E-state index in [2.05, 4.69) is 6.07 Å². The molecule has 103 valence electrons. The van der Waals surface area contributed by atoms with E-state index < -0.39 is 17.6 Å². The van der Waals surface area contributed by atoms with E-state index in [0.29, 0.717) is 5.56 Å². The van der Waals surface area contributed by atoms with Crippen LogP contribution in [0.2, 0.25) is 0 Å². The highest BCUT2D eigenvalue weighted by Gasteiger charge is 2.27. The van der Waals surface area contributed by atoms with Gasteiger partial charge in [0, 0.05) is 5.56 Å². The molecule has 0 aliphatic rings. The van der Waals surface area contributed by atoms with Gasteiger partial charge in [-0.1, -0.05) is 18.2 Å². The summed E-state index contributed by atoms with van der Waals surface area (Å²) >= 11 is 0. The summed E-state index contributed by atoms with van der Waals surface area (Å²) in [7, 11) is 0. The third-order valence-electron chi connectivity index (χ3n) is 3.35. The van der Waals surface area contributed by atoms with Crippen molar-refractivity contribution in [2.45, 2.75) is 26.7 Å². The van der Waals surface area contributed by atoms with Gasteiger partial charge in [-0.2, -0.15) is 0 Å². The zero-order valence-corrected chi connectivity index (χ0v) is 11.6. The van der Waals surface area contributed by atoms with Crippen molar-refractivity contribution < 1.29 is 13.6 Å². The minimum absolute atomic E-state index is 0.186. The molecule has 1 atom stereocenters. The lowest BCUT2D eigenvalue weighted by Crippen LogP contribution is -2.15. The van der Waals surface area contributed by atoms with E-state index in [-0.39, 0.29) is 11.3 Å². The van der Waals surface area contributed by atoms with Gasteiger partial charge in [0.05, 0.1) is 5.92 Å². The molecule has 0 aliphatic heterocycles. The van der Waals surface area contributed by atoms with Crippen LogP contribution >= 0.6 is 0 Å². The molecule has 20 heavy (non-hydrogen) atoms. The molecule has 3 heteroatoms. The van der Waals surface area contributed by atoms with Gasteiger partial charge in [0.2, 0.25) is 0 Å². The number of benzene rings is 2. The Hall–Kier alpha value is -2.03. The molecule has 0 spiro atoms. The molecule has 0 amide bonds. The molecular weight excluding hydrogens is 258 g/mol. The minimum Gasteiger partial charge on any atom is -0.299 e. The number of aryl methyl sites for hydroxylation is 2. The lowest BCUT2D eigenvalue weighted by Gasteiger charge is -2.19. The van der Waals surface area contributed by atoms with Crippen molar-refractivity contribution in [2.75, 3.05) is 0 Å². The second-order valence-corrected chi connectivity index (χ2v) is 4.93. The van der Waals surface area contributed by atoms with Gasteiger partial charge in [0.25, 0.3) is 0 Å². The van der Waals surface area contributed by atoms with Crippen LogP contribution in [0.4, 0.5) is 8.78 Å². The normalized spacial score (nSPS) is 12.2. The average Bonchev–Trinajstić information content (AvgIpc) is 2.37. The number of carbonyl (C=O) groups excluding carboxylic acids is 1. The molecule has 0 aromatic heterocycles. The molecule has 0 saturated heterocycles. The summed E-state index contributed by atoms with van der Waals surface area (Å²) in [6, 6.07) is 10.1. The lowest BCUT2D eigenvalue weighted by molar-refractivity contribution is -0.117. The summed E-state index contributed by atoms with van der Waals surface area (Å²) in [6.07, 6.45) is 0. The van der Waals surface area contributed by atoms with Crippen molar-refractivity contribution in [3.63, 3.8) is 0 Å². The summed E-state index contributed by atoms with van der Waals surface area (Å²) in [6.45, 7) is 4.99. The maximum atomic E-state index is 14.0. The monoisotopic (exact) mass is 273 g/mol. The van der Waals surface area contributed by atoms with Crippen LogP contribution in [0, 0.1) is 31.5 Å². The molecule has 0 fully saturated rings. The number of Topliss-reactive ketones (excluding diaryl/α,β-unsaturated/α-hetero) is 1. The van der Waals surface area contributed by atoms with Crippen LogP contribution < -0.4 is 0 Å². The second-order valence-electron chi connectivity index (χ2n) is 4.93. The molecule has 1 radical (unpaired) electrons. The Labute approximate surface area is 117 Å². The summed E-state index contributed by atoms with van der Waals surface area (Å²) < 4.78 is 28.0. The fourth-order valence-electron chi connectivity index (χ4n) is 2.37. The number of carbonyl (C=O) groups is 1. The molecule has 1 unspecified atom stereocenters. The zero-order chi connectivity index (χ0) is 14.9. The van der Waals surface area contributed by atoms with Crippen LogP contribution in [0.15, 0.2) is 30.3 Å². The molecule has 0 saturated carbocycles. The average molecular weight is 273 g/mol. The summed E-state index contributed by atoms with van der Waals surface area (Å²) in [5.74, 6) is -2.61. The molecular formula is C17H15F2O. The van der Waals surface area contributed by atoms with Crippen molar-refractivity contribution in [3.05, 3.63) is 70.3 Å². The van der Waals surface area contributed by atoms with Crippen LogP contribution in [-0.2, 0) is 4.79 Å². The molecule has 2 aromatic carbocycles. The van der Waals surface area contributed by atoms with Gasteiger partial charge in [-0.05, 0) is 55.7 Å². The standard InChI is InChI=1S/C17H15F2O/c1-10-7-8-11(2)13(9-10)16(12(3)20)17-14(18)5-4-6-15(17)19/h4-6,8-9,16H,1-3H3. The van der Waals surface area contributed by atoms with Gasteiger partial charge in [-0.3, -0.25) is 4.79 Å². The minimum atomic E-state index is -0.926. The molecule has 2 rings (SSSR count). The summed E-state index contributed by atoms with van der Waals surface area (Å²) in [4.78, 5) is 12.0. The van der Waals surface area contributed by atoms with Gasteiger partial charge in [0.15, 0.2) is 0 Å². The number of hydrogen-bond acceptors (Lipinski definition) is 1. The molecule has 0 aliphatic carbocycles. The van der Waals surface area contributed by atoms with Gasteiger partial charge < -0.3 is 0 Å². The number of ketones is 1. The van der Waals surface area contributed by atoms with Gasteiger partial charge >= 0.3 is 0 Å². The van der Waals surface area contributed by atoms with Crippen molar-refractivity contribution in [2.24, 2.45) is 0 Å². The van der Waals surface area contributed by atoms with Crippen molar-refractivity contribution in [3.8, 4) is 0 Å². The van der Waals surface area contributed by atoms with Crippen LogP contribution in [0.5, 0.6) is 0 Å². The molecule has 0 heterocycles. The first-order valence-electron chi connectivity index (χ1n) is 6.35. The summed E-state index contributed by atoms with van der Waals surface area (Å²) in [5.41, 5.74) is 2.05. The Morgan fingerprint density at radius 2 is 1.80 bits per heavy atom. The number of hydrogen-bond donors (Lipinski definition) is 0. The number of rotatable bonds is 3. The molecule has 0 bridgehead atoms. The van der Waals surface area contributed by atoms with E-state index in [9.17, 15) is 13.6 Å². The SMILES string of the molecule is CC(=O)C(c1cc(C)[c]cc1C)c1c(F)cccc1F. The first-order valence-corrected chi connectivity index (χ1v) is 6.35. The van der Waals surface area contributed by atoms with Crippen LogP contribution in [0.3, 0.4) is 0 Å². The fraction of sp³-hybridized carbons (Fsp3) is 0.235. The van der Waals surface area contributed by atoms with Crippen LogP contribution in [0.25, 0.3) is 0 Å². The Balaban J connectivity index is 2.69. The Morgan fingerprint density at radius 1 is 1.20 bits per heavy atom. The fourth-order valence-corrected chi connectivity index (χ4v) is 2.37. The van der Waals surface area contributed by atoms with Gasteiger partial charge in [-0.15, -0.1) is 0 Å². The van der Waals surface area contributed by atoms with E-state index in [1.54, 1.807) is 19.1 Å². The quantitative estimate of drug-likeness (QED) is 0.822. The van der Waals surface area contributed by atoms with Crippen molar-refractivity contribution in [1.82, 2.24) is 0 Å². The van der Waals surface area contributed by atoms with E-state index in [0.717, 1.165) is 11.1 Å². The maximum absolute atomic E-state index is 14.0. The highest BCUT2D eigenvalue weighted by atomic mass is 19.1. The van der Waals surface area contributed by atoms with E-state index >= 15 is 0 Å². The Kier molecular flexibility index (Phi) is 3.98. The second kappa shape index (κ2) is 5.53. The molecule has 2 aromatic rings. The molecule has 0 N–H and O–H groups in total. The first kappa shape index (κ1) is 14.4. The predicted octanol–water partition coefficient (Wildman–Crippen LogP) is 4.10. The van der Waals surface area contributed by atoms with Gasteiger partial charge in [-0.25, -0.2) is 8.78 Å². The largest absolute Gasteiger partial charge is 0.299 e. The highest BCUT2D eigenvalue weighted by Crippen LogP contribution is 2.32. The van der Waals surface area contributed by atoms with E-state index in [1.807, 2.05) is 6.92 Å². The summed E-state index contributed by atoms with van der Waals surface area (Å²) in [5, 5.41) is 0. The topological polar surface area (TPSA) is 17.1 Å². The number of halogens is 2. The van der Waals surface area contributed by atoms with Crippen molar-refractivity contribution >= 4 is 5.78 Å². The smallest absolute Gasteiger partial charge is 0.141 e.